The van der Waals surface area contributed by atoms with E-state index in [2.05, 4.69) is 5.32 Å². The van der Waals surface area contributed by atoms with Crippen LogP contribution in [0.5, 0.6) is 23.0 Å². The second-order valence-corrected chi connectivity index (χ2v) is 8.30. The average Bonchev–Trinajstić information content (AvgIpc) is 3.30. The lowest BCUT2D eigenvalue weighted by atomic mass is 9.98. The average molecular weight is 486 g/mol. The molecule has 0 unspecified atom stereocenters. The third kappa shape index (κ3) is 4.60. The number of anilines is 1. The molecule has 1 aliphatic heterocycles. The van der Waals surface area contributed by atoms with Gasteiger partial charge in [0.25, 0.3) is 0 Å². The number of carbonyl (C=O) groups is 1. The molecule has 0 aliphatic carbocycles. The molecule has 5 rings (SSSR count). The molecule has 36 heavy (non-hydrogen) atoms. The molecule has 0 fully saturated rings. The zero-order chi connectivity index (χ0) is 25.1. The lowest BCUT2D eigenvalue weighted by Gasteiger charge is -2.18. The van der Waals surface area contributed by atoms with Crippen LogP contribution < -0.4 is 24.3 Å². The number of para-hydroxylation sites is 1. The van der Waals surface area contributed by atoms with Crippen LogP contribution in [0.1, 0.15) is 19.4 Å². The molecule has 0 atom stereocenters. The number of hydrogen-bond acceptors (Lipinski definition) is 6. The van der Waals surface area contributed by atoms with E-state index >= 15 is 0 Å². The lowest BCUT2D eigenvalue weighted by molar-refractivity contribution is -0.111. The summed E-state index contributed by atoms with van der Waals surface area (Å²) in [5.74, 6) is 2.43. The molecule has 3 aromatic carbocycles. The van der Waals surface area contributed by atoms with Gasteiger partial charge in [0.2, 0.25) is 5.91 Å². The number of rotatable bonds is 7. The van der Waals surface area contributed by atoms with Crippen LogP contribution in [-0.2, 0) is 4.79 Å². The molecule has 7 heteroatoms. The fourth-order valence-electron chi connectivity index (χ4n) is 4.29. The summed E-state index contributed by atoms with van der Waals surface area (Å²) in [5.41, 5.74) is 4.70. The molecule has 7 nitrogen and oxygen atoms in total. The number of ether oxygens (including phenoxy) is 4. The van der Waals surface area contributed by atoms with Crippen molar-refractivity contribution in [2.24, 2.45) is 0 Å². The summed E-state index contributed by atoms with van der Waals surface area (Å²) < 4.78 is 28.5. The highest BCUT2D eigenvalue weighted by Gasteiger charge is 2.18. The molecule has 1 amide bonds. The summed E-state index contributed by atoms with van der Waals surface area (Å²) in [5, 5.41) is 3.80. The minimum atomic E-state index is -0.260. The van der Waals surface area contributed by atoms with E-state index in [1.807, 2.05) is 50.2 Å². The van der Waals surface area contributed by atoms with Gasteiger partial charge in [0.15, 0.2) is 11.5 Å². The van der Waals surface area contributed by atoms with E-state index in [9.17, 15) is 4.79 Å². The quantitative estimate of drug-likeness (QED) is 0.309. The number of allylic oxidation sites excluding steroid dienone is 1. The number of carbonyl (C=O) groups excluding carboxylic acids is 1. The first-order chi connectivity index (χ1) is 17.6. The molecule has 2 heterocycles. The van der Waals surface area contributed by atoms with Crippen LogP contribution in [0.25, 0.3) is 27.7 Å². The van der Waals surface area contributed by atoms with Gasteiger partial charge in [0.05, 0.1) is 20.0 Å². The molecule has 1 aromatic heterocycles. The Labute approximate surface area is 209 Å². The van der Waals surface area contributed by atoms with E-state index < -0.39 is 0 Å². The first-order valence-electron chi connectivity index (χ1n) is 11.8. The second-order valence-electron chi connectivity index (χ2n) is 8.30. The zero-order valence-corrected chi connectivity index (χ0v) is 20.4. The van der Waals surface area contributed by atoms with Crippen molar-refractivity contribution in [2.75, 3.05) is 32.2 Å². The minimum absolute atomic E-state index is 0.260. The molecule has 0 saturated carbocycles. The fourth-order valence-corrected chi connectivity index (χ4v) is 4.29. The second kappa shape index (κ2) is 10.1. The predicted octanol–water partition coefficient (Wildman–Crippen LogP) is 6.32. The summed E-state index contributed by atoms with van der Waals surface area (Å²) in [7, 11) is 1.65. The number of fused-ring (bicyclic) bond motifs is 2. The van der Waals surface area contributed by atoms with Crippen LogP contribution in [0.15, 0.2) is 71.4 Å². The molecular formula is C29H27NO6. The zero-order valence-electron chi connectivity index (χ0n) is 20.4. The van der Waals surface area contributed by atoms with Crippen LogP contribution in [0.3, 0.4) is 0 Å². The van der Waals surface area contributed by atoms with Crippen molar-refractivity contribution in [3.8, 4) is 34.1 Å². The largest absolute Gasteiger partial charge is 0.496 e. The molecule has 0 radical (unpaired) electrons. The van der Waals surface area contributed by atoms with Gasteiger partial charge in [-0.1, -0.05) is 18.2 Å². The Kier molecular flexibility index (Phi) is 6.54. The van der Waals surface area contributed by atoms with Crippen molar-refractivity contribution in [1.29, 1.82) is 0 Å². The Morgan fingerprint density at radius 3 is 2.61 bits per heavy atom. The monoisotopic (exact) mass is 485 g/mol. The van der Waals surface area contributed by atoms with Gasteiger partial charge in [0, 0.05) is 46.0 Å². The van der Waals surface area contributed by atoms with E-state index in [4.69, 9.17) is 23.4 Å². The van der Waals surface area contributed by atoms with Crippen molar-refractivity contribution in [1.82, 2.24) is 0 Å². The van der Waals surface area contributed by atoms with E-state index in [0.29, 0.717) is 48.3 Å². The standard InChI is InChI=1S/C29H27NO6/c1-4-33-26-16-27-22(23(17-36-27)20-7-5-6-8-24(20)32-3)15-21(26)18(2)13-29(31)30-19-9-10-25-28(14-19)35-12-11-34-25/h5-10,13-17H,4,11-12H2,1-3H3,(H,30,31)/b18-13+. The van der Waals surface area contributed by atoms with Gasteiger partial charge in [-0.2, -0.15) is 0 Å². The van der Waals surface area contributed by atoms with Crippen LogP contribution >= 0.6 is 0 Å². The van der Waals surface area contributed by atoms with Crippen molar-refractivity contribution < 1.29 is 28.2 Å². The van der Waals surface area contributed by atoms with Crippen LogP contribution in [0.4, 0.5) is 5.69 Å². The predicted molar refractivity (Wildman–Crippen MR) is 139 cm³/mol. The van der Waals surface area contributed by atoms with Crippen molar-refractivity contribution in [3.05, 3.63) is 72.5 Å². The molecule has 0 saturated heterocycles. The van der Waals surface area contributed by atoms with E-state index in [-0.39, 0.29) is 5.91 Å². The number of furan rings is 1. The van der Waals surface area contributed by atoms with Crippen molar-refractivity contribution in [3.63, 3.8) is 0 Å². The van der Waals surface area contributed by atoms with Gasteiger partial charge in [-0.05, 0) is 43.7 Å². The molecule has 184 valence electrons. The van der Waals surface area contributed by atoms with Gasteiger partial charge in [0.1, 0.15) is 30.3 Å². The third-order valence-electron chi connectivity index (χ3n) is 5.95. The van der Waals surface area contributed by atoms with E-state index in [0.717, 1.165) is 33.4 Å². The third-order valence-corrected chi connectivity index (χ3v) is 5.95. The van der Waals surface area contributed by atoms with Crippen molar-refractivity contribution >= 4 is 28.1 Å². The maximum Gasteiger partial charge on any atom is 0.248 e. The van der Waals surface area contributed by atoms with Gasteiger partial charge >= 0.3 is 0 Å². The number of nitrogens with one attached hydrogen (secondary N) is 1. The molecule has 0 spiro atoms. The molecule has 1 aliphatic rings. The molecule has 4 aromatic rings. The summed E-state index contributed by atoms with van der Waals surface area (Å²) in [6, 6.07) is 17.0. The van der Waals surface area contributed by atoms with E-state index in [1.165, 1.54) is 0 Å². The maximum atomic E-state index is 12.9. The van der Waals surface area contributed by atoms with Gasteiger partial charge in [-0.15, -0.1) is 0 Å². The topological polar surface area (TPSA) is 79.2 Å². The Morgan fingerprint density at radius 1 is 1.00 bits per heavy atom. The maximum absolute atomic E-state index is 12.9. The lowest BCUT2D eigenvalue weighted by Crippen LogP contribution is -2.16. The molecular weight excluding hydrogens is 458 g/mol. The Hall–Kier alpha value is -4.39. The highest BCUT2D eigenvalue weighted by molar-refractivity contribution is 6.05. The molecule has 1 N–H and O–H groups in total. The first kappa shape index (κ1) is 23.4. The fraction of sp³-hybridized carbons (Fsp3) is 0.207. The summed E-state index contributed by atoms with van der Waals surface area (Å²) in [6.07, 6.45) is 3.28. The summed E-state index contributed by atoms with van der Waals surface area (Å²) >= 11 is 0. The smallest absolute Gasteiger partial charge is 0.248 e. The normalized spacial score (nSPS) is 12.9. The van der Waals surface area contributed by atoms with Crippen LogP contribution in [0.2, 0.25) is 0 Å². The van der Waals surface area contributed by atoms with Gasteiger partial charge in [-0.3, -0.25) is 4.79 Å². The highest BCUT2D eigenvalue weighted by Crippen LogP contribution is 2.40. The van der Waals surface area contributed by atoms with Crippen molar-refractivity contribution in [2.45, 2.75) is 13.8 Å². The van der Waals surface area contributed by atoms with E-state index in [1.54, 1.807) is 37.6 Å². The highest BCUT2D eigenvalue weighted by atomic mass is 16.6. The number of amides is 1. The SMILES string of the molecule is CCOc1cc2occ(-c3ccccc3OC)c2cc1/C(C)=C/C(=O)Nc1ccc2c(c1)OCCO2. The summed E-state index contributed by atoms with van der Waals surface area (Å²) in [6.45, 7) is 5.29. The first-order valence-corrected chi connectivity index (χ1v) is 11.8. The Bertz CT molecular complexity index is 1450. The summed E-state index contributed by atoms with van der Waals surface area (Å²) in [4.78, 5) is 12.9. The molecule has 0 bridgehead atoms. The van der Waals surface area contributed by atoms with Crippen LogP contribution in [0, 0.1) is 0 Å². The van der Waals surface area contributed by atoms with Gasteiger partial charge in [-0.25, -0.2) is 0 Å². The van der Waals surface area contributed by atoms with Crippen LogP contribution in [-0.4, -0.2) is 32.8 Å². The number of hydrogen-bond donors (Lipinski definition) is 1. The van der Waals surface area contributed by atoms with Gasteiger partial charge < -0.3 is 28.7 Å². The Morgan fingerprint density at radius 2 is 1.81 bits per heavy atom. The number of benzene rings is 3. The number of methoxy groups -OCH3 is 1. The Balaban J connectivity index is 1.49. The minimum Gasteiger partial charge on any atom is -0.496 e.